The molecule has 0 N–H and O–H groups in total. The third-order valence-corrected chi connectivity index (χ3v) is 6.56. The molecule has 4 heterocycles. The fraction of sp³-hybridized carbons (Fsp3) is 0.600. The van der Waals surface area contributed by atoms with Crippen LogP contribution in [0.4, 0.5) is 0 Å². The van der Waals surface area contributed by atoms with Crippen LogP contribution in [0.15, 0.2) is 29.2 Å². The minimum absolute atomic E-state index is 0.0774. The quantitative estimate of drug-likeness (QED) is 0.790. The molecule has 2 aromatic rings. The molecule has 4 rings (SSSR count). The molecule has 2 aliphatic heterocycles. The van der Waals surface area contributed by atoms with Gasteiger partial charge in [-0.2, -0.15) is 11.3 Å². The first kappa shape index (κ1) is 18.7. The van der Waals surface area contributed by atoms with Crippen LogP contribution in [-0.4, -0.2) is 63.6 Å². The number of hydrogen-bond donors (Lipinski definition) is 0. The van der Waals surface area contributed by atoms with Gasteiger partial charge in [0.25, 0.3) is 0 Å². The molecule has 0 radical (unpaired) electrons. The van der Waals surface area contributed by atoms with Crippen molar-refractivity contribution in [3.63, 3.8) is 0 Å². The lowest BCUT2D eigenvalue weighted by atomic mass is 9.89. The first-order valence-corrected chi connectivity index (χ1v) is 10.7. The molecule has 2 fully saturated rings. The summed E-state index contributed by atoms with van der Waals surface area (Å²) in [6.07, 6.45) is 6.12. The highest BCUT2D eigenvalue weighted by Gasteiger charge is 2.40. The summed E-state index contributed by atoms with van der Waals surface area (Å²) in [7, 11) is 0. The van der Waals surface area contributed by atoms with Gasteiger partial charge >= 0.3 is 0 Å². The maximum absolute atomic E-state index is 12.6. The number of ether oxygens (including phenoxy) is 1. The van der Waals surface area contributed by atoms with Crippen molar-refractivity contribution < 1.29 is 9.53 Å². The molecule has 2 aromatic heterocycles. The first-order valence-electron chi connectivity index (χ1n) is 9.76. The largest absolute Gasteiger partial charge is 0.372 e. The summed E-state index contributed by atoms with van der Waals surface area (Å²) in [5.74, 6) is 1.20. The van der Waals surface area contributed by atoms with Crippen LogP contribution >= 0.6 is 11.3 Å². The Labute approximate surface area is 164 Å². The van der Waals surface area contributed by atoms with Crippen LogP contribution in [0.1, 0.15) is 30.7 Å². The molecule has 27 heavy (non-hydrogen) atoms. The number of carbonyl (C=O) groups is 1. The van der Waals surface area contributed by atoms with Gasteiger partial charge in [0, 0.05) is 58.1 Å². The average molecular weight is 389 g/mol. The third-order valence-electron chi connectivity index (χ3n) is 5.83. The maximum Gasteiger partial charge on any atom is 0.224 e. The van der Waals surface area contributed by atoms with E-state index in [0.717, 1.165) is 58.0 Å². The number of morpholine rings is 1. The van der Waals surface area contributed by atoms with E-state index >= 15 is 0 Å². The zero-order valence-electron chi connectivity index (χ0n) is 16.0. The van der Waals surface area contributed by atoms with Crippen LogP contribution in [-0.2, 0) is 22.6 Å². The van der Waals surface area contributed by atoms with Crippen molar-refractivity contribution in [1.82, 2.24) is 19.4 Å². The zero-order valence-corrected chi connectivity index (χ0v) is 16.8. The van der Waals surface area contributed by atoms with E-state index in [4.69, 9.17) is 4.74 Å². The lowest BCUT2D eigenvalue weighted by Crippen LogP contribution is -2.57. The molecule has 1 amide bonds. The number of aryl methyl sites for hydroxylation is 2. The van der Waals surface area contributed by atoms with Crippen LogP contribution in [0.2, 0.25) is 0 Å². The van der Waals surface area contributed by atoms with Crippen molar-refractivity contribution in [2.45, 2.75) is 44.9 Å². The van der Waals surface area contributed by atoms with Gasteiger partial charge in [-0.05, 0) is 42.2 Å². The number of imidazole rings is 1. The third kappa shape index (κ3) is 4.42. The molecular formula is C20H28N4O2S. The average Bonchev–Trinajstić information content (AvgIpc) is 3.32. The van der Waals surface area contributed by atoms with Gasteiger partial charge in [-0.3, -0.25) is 9.69 Å². The molecule has 6 nitrogen and oxygen atoms in total. The highest BCUT2D eigenvalue weighted by Crippen LogP contribution is 2.31. The second kappa shape index (κ2) is 8.12. The molecule has 0 bridgehead atoms. The van der Waals surface area contributed by atoms with Gasteiger partial charge in [0.2, 0.25) is 5.91 Å². The number of hydrogen-bond acceptors (Lipinski definition) is 5. The topological polar surface area (TPSA) is 50.6 Å². The number of thiophene rings is 1. The van der Waals surface area contributed by atoms with Crippen LogP contribution < -0.4 is 0 Å². The summed E-state index contributed by atoms with van der Waals surface area (Å²) in [6, 6.07) is 2.20. The first-order chi connectivity index (χ1) is 13.1. The monoisotopic (exact) mass is 388 g/mol. The van der Waals surface area contributed by atoms with E-state index in [9.17, 15) is 4.79 Å². The second-order valence-electron chi connectivity index (χ2n) is 7.67. The number of amides is 1. The van der Waals surface area contributed by atoms with Gasteiger partial charge in [0.15, 0.2) is 0 Å². The van der Waals surface area contributed by atoms with Crippen molar-refractivity contribution in [2.24, 2.45) is 0 Å². The van der Waals surface area contributed by atoms with E-state index in [1.807, 2.05) is 22.6 Å². The molecule has 146 valence electrons. The van der Waals surface area contributed by atoms with Gasteiger partial charge in [0.1, 0.15) is 5.82 Å². The SMILES string of the molecule is Cc1nccn1CCC(=O)N1CCC2(CC1)CN(Cc1ccsc1)CCO2. The Morgan fingerprint density at radius 3 is 2.89 bits per heavy atom. The van der Waals surface area contributed by atoms with Crippen LogP contribution in [0.5, 0.6) is 0 Å². The molecule has 7 heteroatoms. The Hall–Kier alpha value is -1.70. The molecule has 0 unspecified atom stereocenters. The Kier molecular flexibility index (Phi) is 5.61. The molecule has 2 aliphatic rings. The van der Waals surface area contributed by atoms with Crippen molar-refractivity contribution in [1.29, 1.82) is 0 Å². The molecule has 0 saturated carbocycles. The Morgan fingerprint density at radius 2 is 2.19 bits per heavy atom. The summed E-state index contributed by atoms with van der Waals surface area (Å²) in [6.45, 7) is 8.03. The molecule has 2 saturated heterocycles. The molecule has 0 atom stereocenters. The van der Waals surface area contributed by atoms with E-state index in [0.29, 0.717) is 13.0 Å². The highest BCUT2D eigenvalue weighted by molar-refractivity contribution is 7.07. The Balaban J connectivity index is 1.27. The predicted octanol–water partition coefficient (Wildman–Crippen LogP) is 2.54. The van der Waals surface area contributed by atoms with E-state index in [1.165, 1.54) is 5.56 Å². The number of piperidine rings is 1. The Bertz CT molecular complexity index is 750. The van der Waals surface area contributed by atoms with Crippen molar-refractivity contribution in [3.05, 3.63) is 40.6 Å². The normalized spacial score (nSPS) is 20.3. The minimum atomic E-state index is -0.0774. The van der Waals surface area contributed by atoms with Crippen LogP contribution in [0.3, 0.4) is 0 Å². The van der Waals surface area contributed by atoms with Crippen molar-refractivity contribution >= 4 is 17.2 Å². The van der Waals surface area contributed by atoms with Gasteiger partial charge in [-0.1, -0.05) is 0 Å². The summed E-state index contributed by atoms with van der Waals surface area (Å²) in [4.78, 5) is 21.3. The van der Waals surface area contributed by atoms with E-state index in [-0.39, 0.29) is 11.5 Å². The zero-order chi connectivity index (χ0) is 18.7. The fourth-order valence-electron chi connectivity index (χ4n) is 4.18. The summed E-state index contributed by atoms with van der Waals surface area (Å²) < 4.78 is 8.27. The van der Waals surface area contributed by atoms with Gasteiger partial charge < -0.3 is 14.2 Å². The van der Waals surface area contributed by atoms with E-state index in [2.05, 4.69) is 26.7 Å². The fourth-order valence-corrected chi connectivity index (χ4v) is 4.84. The van der Waals surface area contributed by atoms with Crippen molar-refractivity contribution in [2.75, 3.05) is 32.8 Å². The van der Waals surface area contributed by atoms with Gasteiger partial charge in [-0.25, -0.2) is 4.98 Å². The molecule has 0 aliphatic carbocycles. The van der Waals surface area contributed by atoms with Crippen molar-refractivity contribution in [3.8, 4) is 0 Å². The maximum atomic E-state index is 12.6. The van der Waals surface area contributed by atoms with Crippen LogP contribution in [0, 0.1) is 6.92 Å². The van der Waals surface area contributed by atoms with E-state index in [1.54, 1.807) is 17.5 Å². The second-order valence-corrected chi connectivity index (χ2v) is 8.45. The number of aromatic nitrogens is 2. The smallest absolute Gasteiger partial charge is 0.224 e. The minimum Gasteiger partial charge on any atom is -0.372 e. The summed E-state index contributed by atoms with van der Waals surface area (Å²) >= 11 is 1.76. The number of carbonyl (C=O) groups excluding carboxylic acids is 1. The number of rotatable bonds is 5. The van der Waals surface area contributed by atoms with Gasteiger partial charge in [-0.15, -0.1) is 0 Å². The standard InChI is InChI=1S/C20H28N4O2S/c1-17-21-6-10-23(17)7-2-19(25)24-8-4-20(5-9-24)16-22(11-12-26-20)14-18-3-13-27-15-18/h3,6,10,13,15H,2,4-5,7-9,11-12,14,16H2,1H3. The molecule has 0 aromatic carbocycles. The lowest BCUT2D eigenvalue weighted by molar-refractivity contribution is -0.151. The number of nitrogens with zero attached hydrogens (tertiary/aromatic N) is 4. The lowest BCUT2D eigenvalue weighted by Gasteiger charge is -2.47. The predicted molar refractivity (Wildman–Crippen MR) is 106 cm³/mol. The Morgan fingerprint density at radius 1 is 1.33 bits per heavy atom. The van der Waals surface area contributed by atoms with Gasteiger partial charge in [0.05, 0.1) is 12.2 Å². The number of likely N-dealkylation sites (tertiary alicyclic amines) is 1. The van der Waals surface area contributed by atoms with Crippen LogP contribution in [0.25, 0.3) is 0 Å². The molecular weight excluding hydrogens is 360 g/mol. The summed E-state index contributed by atoms with van der Waals surface area (Å²) in [5, 5.41) is 4.37. The highest BCUT2D eigenvalue weighted by atomic mass is 32.1. The summed E-state index contributed by atoms with van der Waals surface area (Å²) in [5.41, 5.74) is 1.31. The molecule has 1 spiro atoms. The van der Waals surface area contributed by atoms with E-state index < -0.39 is 0 Å².